The first kappa shape index (κ1) is 24.8. The number of aryl methyl sites for hydroxylation is 1. The number of rotatable bonds is 7. The van der Waals surface area contributed by atoms with Crippen LogP contribution >= 0.6 is 0 Å². The fraction of sp³-hybridized carbons (Fsp3) is 0.429. The lowest BCUT2D eigenvalue weighted by molar-refractivity contribution is -0.140. The minimum absolute atomic E-state index is 0.0844. The first-order valence-electron chi connectivity index (χ1n) is 12.0. The summed E-state index contributed by atoms with van der Waals surface area (Å²) in [6.07, 6.45) is 1.61. The van der Waals surface area contributed by atoms with Crippen LogP contribution in [0.1, 0.15) is 60.9 Å². The summed E-state index contributed by atoms with van der Waals surface area (Å²) < 4.78 is 16.6. The van der Waals surface area contributed by atoms with Crippen LogP contribution in [0.5, 0.6) is 11.5 Å². The number of Topliss-reactive ketones (excluding diaryl/α,β-unsaturated/α-hetero) is 1. The van der Waals surface area contributed by atoms with Gasteiger partial charge in [0.25, 0.3) is 11.7 Å². The number of ketones is 1. The van der Waals surface area contributed by atoms with Crippen LogP contribution in [0, 0.1) is 6.92 Å². The Balaban J connectivity index is 1.87. The fourth-order valence-corrected chi connectivity index (χ4v) is 4.94. The van der Waals surface area contributed by atoms with E-state index in [-0.39, 0.29) is 29.9 Å². The van der Waals surface area contributed by atoms with Crippen LogP contribution in [0.3, 0.4) is 0 Å². The molecule has 0 aromatic heterocycles. The molecule has 1 N–H and O–H groups in total. The smallest absolute Gasteiger partial charge is 0.295 e. The van der Waals surface area contributed by atoms with Crippen LogP contribution in [-0.4, -0.2) is 55.2 Å². The highest BCUT2D eigenvalue weighted by atomic mass is 16.5. The number of carbonyl (C=O) groups excluding carboxylic acids is 2. The molecule has 2 aliphatic heterocycles. The molecule has 2 atom stereocenters. The molecule has 2 aliphatic rings. The van der Waals surface area contributed by atoms with Crippen LogP contribution < -0.4 is 9.47 Å². The topological polar surface area (TPSA) is 85.3 Å². The van der Waals surface area contributed by atoms with Gasteiger partial charge in [0.2, 0.25) is 0 Å². The molecule has 2 aromatic rings. The summed E-state index contributed by atoms with van der Waals surface area (Å²) in [6.45, 7) is 6.86. The molecule has 2 saturated heterocycles. The largest absolute Gasteiger partial charge is 0.507 e. The molecule has 35 heavy (non-hydrogen) atoms. The number of amides is 1. The van der Waals surface area contributed by atoms with E-state index in [0.29, 0.717) is 17.9 Å². The predicted molar refractivity (Wildman–Crippen MR) is 133 cm³/mol. The monoisotopic (exact) mass is 479 g/mol. The number of aliphatic hydroxyl groups is 1. The van der Waals surface area contributed by atoms with Gasteiger partial charge in [0, 0.05) is 18.7 Å². The lowest BCUT2D eigenvalue weighted by atomic mass is 9.91. The van der Waals surface area contributed by atoms with E-state index in [1.54, 1.807) is 26.4 Å². The van der Waals surface area contributed by atoms with Crippen molar-refractivity contribution in [1.29, 1.82) is 0 Å². The van der Waals surface area contributed by atoms with Crippen LogP contribution in [0.25, 0.3) is 5.76 Å². The summed E-state index contributed by atoms with van der Waals surface area (Å²) in [6, 6.07) is 10.2. The van der Waals surface area contributed by atoms with Gasteiger partial charge in [-0.2, -0.15) is 0 Å². The number of methoxy groups -OCH3 is 2. The Bertz CT molecular complexity index is 1140. The molecule has 0 radical (unpaired) electrons. The average molecular weight is 480 g/mol. The van der Waals surface area contributed by atoms with E-state index in [2.05, 4.69) is 0 Å². The van der Waals surface area contributed by atoms with Crippen molar-refractivity contribution in [2.75, 3.05) is 27.4 Å². The number of likely N-dealkylation sites (tertiary alicyclic amines) is 1. The molecule has 186 valence electrons. The number of aliphatic hydroxyl groups excluding tert-OH is 1. The number of nitrogens with zero attached hydrogens (tertiary/aromatic N) is 1. The van der Waals surface area contributed by atoms with Gasteiger partial charge in [-0.25, -0.2) is 0 Å². The third-order valence-electron chi connectivity index (χ3n) is 6.85. The normalized spacial score (nSPS) is 21.7. The number of ether oxygens (including phenoxy) is 3. The van der Waals surface area contributed by atoms with E-state index in [0.717, 1.165) is 35.3 Å². The van der Waals surface area contributed by atoms with E-state index in [9.17, 15) is 14.7 Å². The van der Waals surface area contributed by atoms with Crippen molar-refractivity contribution in [2.24, 2.45) is 0 Å². The average Bonchev–Trinajstić information content (AvgIpc) is 3.45. The molecule has 1 amide bonds. The van der Waals surface area contributed by atoms with E-state index < -0.39 is 17.7 Å². The van der Waals surface area contributed by atoms with Crippen LogP contribution in [0.2, 0.25) is 0 Å². The van der Waals surface area contributed by atoms with Gasteiger partial charge in [-0.3, -0.25) is 9.59 Å². The molecule has 2 heterocycles. The number of hydrogen-bond donors (Lipinski definition) is 1. The Morgan fingerprint density at radius 1 is 1.14 bits per heavy atom. The van der Waals surface area contributed by atoms with E-state index in [1.807, 2.05) is 45.0 Å². The first-order chi connectivity index (χ1) is 16.8. The summed E-state index contributed by atoms with van der Waals surface area (Å²) in [7, 11) is 3.19. The predicted octanol–water partition coefficient (Wildman–Crippen LogP) is 4.74. The second kappa shape index (κ2) is 10.1. The van der Waals surface area contributed by atoms with E-state index >= 15 is 0 Å². The molecule has 4 rings (SSSR count). The van der Waals surface area contributed by atoms with Crippen LogP contribution in [0.15, 0.2) is 42.0 Å². The zero-order valence-corrected chi connectivity index (χ0v) is 21.0. The van der Waals surface area contributed by atoms with Crippen LogP contribution in [0.4, 0.5) is 0 Å². The van der Waals surface area contributed by atoms with Crippen molar-refractivity contribution >= 4 is 17.4 Å². The fourth-order valence-electron chi connectivity index (χ4n) is 4.94. The highest BCUT2D eigenvalue weighted by Gasteiger charge is 2.47. The maximum atomic E-state index is 13.4. The van der Waals surface area contributed by atoms with Gasteiger partial charge in [0.1, 0.15) is 17.3 Å². The Kier molecular flexibility index (Phi) is 7.17. The number of benzene rings is 2. The van der Waals surface area contributed by atoms with Crippen molar-refractivity contribution in [3.05, 3.63) is 64.2 Å². The van der Waals surface area contributed by atoms with Gasteiger partial charge in [-0.05, 0) is 66.6 Å². The minimum atomic E-state index is -0.728. The van der Waals surface area contributed by atoms with Gasteiger partial charge < -0.3 is 24.2 Å². The summed E-state index contributed by atoms with van der Waals surface area (Å²) in [5.41, 5.74) is 2.99. The SMILES string of the molecule is COc1ccc(C2/C(=C(\O)c3cc(C(C)C)c(OC)cc3C)C(=O)C(=O)N2CC2CCCO2)cc1. The van der Waals surface area contributed by atoms with Crippen LogP contribution in [-0.2, 0) is 14.3 Å². The van der Waals surface area contributed by atoms with Gasteiger partial charge in [0.15, 0.2) is 0 Å². The van der Waals surface area contributed by atoms with Gasteiger partial charge in [-0.15, -0.1) is 0 Å². The van der Waals surface area contributed by atoms with E-state index in [1.165, 1.54) is 4.90 Å². The number of hydrogen-bond acceptors (Lipinski definition) is 6. The Morgan fingerprint density at radius 2 is 1.86 bits per heavy atom. The Labute approximate surface area is 206 Å². The van der Waals surface area contributed by atoms with Crippen molar-refractivity contribution in [3.8, 4) is 11.5 Å². The molecule has 7 heteroatoms. The highest BCUT2D eigenvalue weighted by Crippen LogP contribution is 2.42. The van der Waals surface area contributed by atoms with E-state index in [4.69, 9.17) is 14.2 Å². The molecule has 7 nitrogen and oxygen atoms in total. The molecule has 2 unspecified atom stereocenters. The number of carbonyl (C=O) groups is 2. The second-order valence-corrected chi connectivity index (χ2v) is 9.42. The zero-order chi connectivity index (χ0) is 25.3. The molecule has 0 bridgehead atoms. The second-order valence-electron chi connectivity index (χ2n) is 9.42. The van der Waals surface area contributed by atoms with Crippen molar-refractivity contribution in [1.82, 2.24) is 4.90 Å². The van der Waals surface area contributed by atoms with Gasteiger partial charge >= 0.3 is 0 Å². The first-order valence-corrected chi connectivity index (χ1v) is 12.0. The lowest BCUT2D eigenvalue weighted by Crippen LogP contribution is -2.36. The van der Waals surface area contributed by atoms with Crippen molar-refractivity contribution < 1.29 is 28.9 Å². The molecule has 2 aromatic carbocycles. The third-order valence-corrected chi connectivity index (χ3v) is 6.85. The van der Waals surface area contributed by atoms with Gasteiger partial charge in [-0.1, -0.05) is 26.0 Å². The standard InChI is InChI=1S/C28H33NO6/c1-16(2)21-14-22(17(3)13-23(21)34-5)26(30)24-25(18-8-10-19(33-4)11-9-18)29(28(32)27(24)31)15-20-7-6-12-35-20/h8-11,13-14,16,20,25,30H,6-7,12,15H2,1-5H3/b26-24+. The summed E-state index contributed by atoms with van der Waals surface area (Å²) in [5.74, 6) is 0.0233. The molecular formula is C28H33NO6. The highest BCUT2D eigenvalue weighted by molar-refractivity contribution is 6.46. The maximum absolute atomic E-state index is 13.4. The minimum Gasteiger partial charge on any atom is -0.507 e. The molecular weight excluding hydrogens is 446 g/mol. The molecule has 0 aliphatic carbocycles. The summed E-state index contributed by atoms with van der Waals surface area (Å²) >= 11 is 0. The molecule has 0 spiro atoms. The third kappa shape index (κ3) is 4.65. The molecule has 2 fully saturated rings. The van der Waals surface area contributed by atoms with Crippen molar-refractivity contribution in [2.45, 2.75) is 51.7 Å². The van der Waals surface area contributed by atoms with Gasteiger partial charge in [0.05, 0.1) is 31.9 Å². The quantitative estimate of drug-likeness (QED) is 0.351. The summed E-state index contributed by atoms with van der Waals surface area (Å²) in [5, 5.41) is 11.6. The molecule has 0 saturated carbocycles. The maximum Gasteiger partial charge on any atom is 0.295 e. The lowest BCUT2D eigenvalue weighted by Gasteiger charge is -2.27. The summed E-state index contributed by atoms with van der Waals surface area (Å²) in [4.78, 5) is 28.1. The zero-order valence-electron chi connectivity index (χ0n) is 21.0. The van der Waals surface area contributed by atoms with Crippen molar-refractivity contribution in [3.63, 3.8) is 0 Å². The Hall–Kier alpha value is -3.32. The Morgan fingerprint density at radius 3 is 2.43 bits per heavy atom.